The summed E-state index contributed by atoms with van der Waals surface area (Å²) in [5.41, 5.74) is 2.25. The number of likely N-dealkylation sites (N-methyl/N-ethyl adjacent to an activating group) is 1. The van der Waals surface area contributed by atoms with Crippen LogP contribution in [0.25, 0.3) is 22.0 Å². The van der Waals surface area contributed by atoms with Gasteiger partial charge in [-0.1, -0.05) is 17.3 Å². The van der Waals surface area contributed by atoms with Crippen LogP contribution in [0.1, 0.15) is 10.4 Å². The molecule has 0 aliphatic heterocycles. The molecule has 0 saturated heterocycles. The molecule has 10 heteroatoms. The van der Waals surface area contributed by atoms with E-state index in [2.05, 4.69) is 53.8 Å². The third kappa shape index (κ3) is 5.33. The first-order chi connectivity index (χ1) is 15.0. The summed E-state index contributed by atoms with van der Waals surface area (Å²) in [6, 6.07) is 11.2. The summed E-state index contributed by atoms with van der Waals surface area (Å²) in [7, 11) is 3.82. The Morgan fingerprint density at radius 3 is 2.77 bits per heavy atom. The Bertz CT molecular complexity index is 1220. The van der Waals surface area contributed by atoms with E-state index in [0.717, 1.165) is 35.1 Å². The summed E-state index contributed by atoms with van der Waals surface area (Å²) in [4.78, 5) is 21.4. The maximum absolute atomic E-state index is 12.7. The Morgan fingerprint density at radius 1 is 1.13 bits per heavy atom. The highest BCUT2D eigenvalue weighted by Crippen LogP contribution is 2.24. The maximum Gasteiger partial charge on any atom is 0.257 e. The van der Waals surface area contributed by atoms with Gasteiger partial charge >= 0.3 is 0 Å². The zero-order chi connectivity index (χ0) is 21.8. The fraction of sp³-hybridized carbons (Fsp3) is 0.190. The van der Waals surface area contributed by atoms with Crippen LogP contribution in [0, 0.1) is 0 Å². The SMILES string of the molecule is CN(I)CCNc1cc(C(=O)Nc2cc3cc(-c4cn(C)nn4)ccc3cn2)ccn1. The molecular formula is C21H21IN8O. The molecule has 0 bridgehead atoms. The van der Waals surface area contributed by atoms with Crippen molar-refractivity contribution in [3.63, 3.8) is 0 Å². The number of hydrogen-bond donors (Lipinski definition) is 2. The lowest BCUT2D eigenvalue weighted by molar-refractivity contribution is 0.102. The molecule has 0 aliphatic rings. The lowest BCUT2D eigenvalue weighted by Gasteiger charge is -2.10. The normalized spacial score (nSPS) is 11.1. The van der Waals surface area contributed by atoms with Crippen molar-refractivity contribution < 1.29 is 4.79 Å². The molecule has 4 rings (SSSR count). The summed E-state index contributed by atoms with van der Waals surface area (Å²) >= 11 is 2.22. The lowest BCUT2D eigenvalue weighted by atomic mass is 10.1. The van der Waals surface area contributed by atoms with Crippen LogP contribution < -0.4 is 10.6 Å². The third-order valence-corrected chi connectivity index (χ3v) is 5.09. The summed E-state index contributed by atoms with van der Waals surface area (Å²) in [5, 5.41) is 16.1. The van der Waals surface area contributed by atoms with Gasteiger partial charge in [-0.05, 0) is 36.7 Å². The second-order valence-corrected chi connectivity index (χ2v) is 8.70. The van der Waals surface area contributed by atoms with E-state index in [1.54, 1.807) is 29.2 Å². The molecule has 0 atom stereocenters. The van der Waals surface area contributed by atoms with Gasteiger partial charge in [0.05, 0.1) is 6.20 Å². The second kappa shape index (κ2) is 9.35. The fourth-order valence-corrected chi connectivity index (χ4v) is 3.28. The van der Waals surface area contributed by atoms with Crippen molar-refractivity contribution in [1.82, 2.24) is 28.1 Å². The Kier molecular flexibility index (Phi) is 6.37. The number of carbonyl (C=O) groups excluding carboxylic acids is 1. The van der Waals surface area contributed by atoms with Crippen LogP contribution in [-0.2, 0) is 7.05 Å². The number of benzene rings is 1. The number of amides is 1. The van der Waals surface area contributed by atoms with Crippen LogP contribution in [-0.4, -0.2) is 54.1 Å². The van der Waals surface area contributed by atoms with Crippen LogP contribution >= 0.6 is 22.9 Å². The summed E-state index contributed by atoms with van der Waals surface area (Å²) in [6.07, 6.45) is 5.22. The molecule has 158 valence electrons. The van der Waals surface area contributed by atoms with Crippen molar-refractivity contribution in [3.8, 4) is 11.3 Å². The molecule has 0 spiro atoms. The van der Waals surface area contributed by atoms with Crippen molar-refractivity contribution in [1.29, 1.82) is 0 Å². The Morgan fingerprint density at radius 2 is 2.00 bits per heavy atom. The van der Waals surface area contributed by atoms with Crippen molar-refractivity contribution >= 4 is 51.2 Å². The molecule has 0 aliphatic carbocycles. The van der Waals surface area contributed by atoms with Gasteiger partial charge in [0.1, 0.15) is 17.3 Å². The van der Waals surface area contributed by atoms with Crippen molar-refractivity contribution in [2.75, 3.05) is 30.8 Å². The number of hydrogen-bond acceptors (Lipinski definition) is 7. The number of aromatic nitrogens is 5. The molecule has 0 radical (unpaired) electrons. The van der Waals surface area contributed by atoms with E-state index in [1.165, 1.54) is 0 Å². The van der Waals surface area contributed by atoms with E-state index < -0.39 is 0 Å². The van der Waals surface area contributed by atoms with Crippen molar-refractivity contribution in [2.24, 2.45) is 7.05 Å². The average Bonchev–Trinajstić information content (AvgIpc) is 3.19. The number of nitrogens with zero attached hydrogens (tertiary/aromatic N) is 6. The highest BCUT2D eigenvalue weighted by molar-refractivity contribution is 14.1. The smallest absolute Gasteiger partial charge is 0.257 e. The van der Waals surface area contributed by atoms with Crippen LogP contribution in [0.3, 0.4) is 0 Å². The summed E-state index contributed by atoms with van der Waals surface area (Å²) in [5.74, 6) is 0.894. The monoisotopic (exact) mass is 528 g/mol. The number of nitrogens with one attached hydrogen (secondary N) is 2. The van der Waals surface area contributed by atoms with E-state index in [-0.39, 0.29) is 5.91 Å². The largest absolute Gasteiger partial charge is 0.369 e. The summed E-state index contributed by atoms with van der Waals surface area (Å²) < 4.78 is 3.71. The van der Waals surface area contributed by atoms with Gasteiger partial charge in [0.25, 0.3) is 5.91 Å². The van der Waals surface area contributed by atoms with Gasteiger partial charge in [-0.15, -0.1) is 5.10 Å². The van der Waals surface area contributed by atoms with E-state index >= 15 is 0 Å². The van der Waals surface area contributed by atoms with E-state index in [4.69, 9.17) is 0 Å². The number of aryl methyl sites for hydroxylation is 1. The molecule has 3 heterocycles. The Labute approximate surface area is 193 Å². The number of rotatable bonds is 7. The molecule has 2 N–H and O–H groups in total. The molecule has 0 unspecified atom stereocenters. The molecule has 0 fully saturated rings. The maximum atomic E-state index is 12.7. The molecule has 4 aromatic rings. The first kappa shape index (κ1) is 21.1. The zero-order valence-electron chi connectivity index (χ0n) is 17.1. The van der Waals surface area contributed by atoms with Crippen LogP contribution in [0.5, 0.6) is 0 Å². The van der Waals surface area contributed by atoms with Gasteiger partial charge in [-0.2, -0.15) is 0 Å². The topological polar surface area (TPSA) is 101 Å². The standard InChI is InChI=1S/C21H21IN8O/c1-29(22)8-7-24-19-10-15(5-6-23-19)21(31)26-20-11-17-9-14(3-4-16(17)12-25-20)18-13-30(2)28-27-18/h3-6,9-13H,7-8H2,1-2H3,(H,23,24)(H,25,26,31). The molecule has 3 aromatic heterocycles. The molecular weight excluding hydrogens is 507 g/mol. The number of carbonyl (C=O) groups is 1. The number of halogens is 1. The zero-order valence-corrected chi connectivity index (χ0v) is 19.2. The molecule has 1 amide bonds. The van der Waals surface area contributed by atoms with Crippen LogP contribution in [0.15, 0.2) is 55.0 Å². The van der Waals surface area contributed by atoms with Crippen molar-refractivity contribution in [2.45, 2.75) is 0 Å². The first-order valence-electron chi connectivity index (χ1n) is 9.62. The van der Waals surface area contributed by atoms with Gasteiger partial charge < -0.3 is 10.6 Å². The minimum absolute atomic E-state index is 0.242. The Hall–Kier alpha value is -3.12. The van der Waals surface area contributed by atoms with E-state index in [9.17, 15) is 4.79 Å². The van der Waals surface area contributed by atoms with E-state index in [0.29, 0.717) is 17.2 Å². The van der Waals surface area contributed by atoms with E-state index in [1.807, 2.05) is 47.7 Å². The number of pyridine rings is 2. The third-order valence-electron chi connectivity index (χ3n) is 4.61. The first-order valence-corrected chi connectivity index (χ1v) is 10.6. The molecule has 0 saturated carbocycles. The number of fused-ring (bicyclic) bond motifs is 1. The average molecular weight is 528 g/mol. The number of anilines is 2. The van der Waals surface area contributed by atoms with Gasteiger partial charge in [-0.3, -0.25) is 9.48 Å². The lowest BCUT2D eigenvalue weighted by Crippen LogP contribution is -2.17. The van der Waals surface area contributed by atoms with Gasteiger partial charge in [0, 0.05) is 71.9 Å². The quantitative estimate of drug-likeness (QED) is 0.280. The fourth-order valence-electron chi connectivity index (χ4n) is 3.04. The highest BCUT2D eigenvalue weighted by Gasteiger charge is 2.10. The molecule has 31 heavy (non-hydrogen) atoms. The minimum Gasteiger partial charge on any atom is -0.369 e. The highest BCUT2D eigenvalue weighted by atomic mass is 127. The molecule has 1 aromatic carbocycles. The van der Waals surface area contributed by atoms with Crippen LogP contribution in [0.4, 0.5) is 11.6 Å². The van der Waals surface area contributed by atoms with Gasteiger partial charge in [-0.25, -0.2) is 13.1 Å². The predicted molar refractivity (Wildman–Crippen MR) is 129 cm³/mol. The van der Waals surface area contributed by atoms with Crippen LogP contribution in [0.2, 0.25) is 0 Å². The van der Waals surface area contributed by atoms with Gasteiger partial charge in [0.2, 0.25) is 0 Å². The minimum atomic E-state index is -0.242. The van der Waals surface area contributed by atoms with Crippen molar-refractivity contribution in [3.05, 3.63) is 60.6 Å². The predicted octanol–water partition coefficient (Wildman–Crippen LogP) is 3.37. The summed E-state index contributed by atoms with van der Waals surface area (Å²) in [6.45, 7) is 1.59. The Balaban J connectivity index is 1.50. The second-order valence-electron chi connectivity index (χ2n) is 7.05. The molecule has 9 nitrogen and oxygen atoms in total. The van der Waals surface area contributed by atoms with Gasteiger partial charge in [0.15, 0.2) is 0 Å².